The molecule has 1 N–H and O–H groups in total. The van der Waals surface area contributed by atoms with Crippen molar-refractivity contribution in [1.82, 2.24) is 4.90 Å². The molecule has 0 saturated carbocycles. The molecule has 1 aliphatic heterocycles. The van der Waals surface area contributed by atoms with Crippen LogP contribution in [0.4, 0.5) is 10.1 Å². The van der Waals surface area contributed by atoms with E-state index < -0.39 is 17.6 Å². The van der Waals surface area contributed by atoms with Crippen molar-refractivity contribution >= 4 is 23.1 Å². The minimum absolute atomic E-state index is 0.0452. The molecule has 0 radical (unpaired) electrons. The quantitative estimate of drug-likeness (QED) is 0.494. The van der Waals surface area contributed by atoms with Crippen LogP contribution in [0, 0.1) is 5.82 Å². The average Bonchev–Trinajstić information content (AvgIpc) is 3.03. The number of nitrogens with one attached hydrogen (secondary N) is 1. The maximum absolute atomic E-state index is 13.5. The Kier molecular flexibility index (Phi) is 6.54. The molecule has 4 rings (SSSR count). The van der Waals surface area contributed by atoms with Crippen LogP contribution in [0.25, 0.3) is 5.57 Å². The molecule has 0 spiro atoms. The van der Waals surface area contributed by atoms with Crippen LogP contribution >= 0.6 is 0 Å². The summed E-state index contributed by atoms with van der Waals surface area (Å²) in [4.78, 5) is 27.8. The van der Waals surface area contributed by atoms with E-state index in [1.807, 2.05) is 44.2 Å². The number of hydrogen-bond donors (Lipinski definition) is 1. The van der Waals surface area contributed by atoms with Gasteiger partial charge in [-0.1, -0.05) is 42.5 Å². The van der Waals surface area contributed by atoms with Crippen molar-refractivity contribution in [1.29, 1.82) is 0 Å². The van der Waals surface area contributed by atoms with Gasteiger partial charge in [-0.3, -0.25) is 14.5 Å². The second-order valence-electron chi connectivity index (χ2n) is 8.07. The van der Waals surface area contributed by atoms with E-state index in [9.17, 15) is 14.0 Å². The number of nitrogens with zero attached hydrogens (tertiary/aromatic N) is 1. The predicted molar refractivity (Wildman–Crippen MR) is 126 cm³/mol. The zero-order valence-electron chi connectivity index (χ0n) is 18.5. The van der Waals surface area contributed by atoms with E-state index in [0.717, 1.165) is 5.56 Å². The molecule has 5 nitrogen and oxygen atoms in total. The van der Waals surface area contributed by atoms with E-state index in [2.05, 4.69) is 5.32 Å². The van der Waals surface area contributed by atoms with Crippen molar-refractivity contribution in [2.75, 3.05) is 11.9 Å². The van der Waals surface area contributed by atoms with Gasteiger partial charge in [-0.05, 0) is 67.8 Å². The van der Waals surface area contributed by atoms with Crippen LogP contribution in [0.5, 0.6) is 5.75 Å². The van der Waals surface area contributed by atoms with Crippen LogP contribution in [0.1, 0.15) is 25.0 Å². The highest BCUT2D eigenvalue weighted by molar-refractivity contribution is 6.36. The normalized spacial score (nSPS) is 13.8. The van der Waals surface area contributed by atoms with E-state index >= 15 is 0 Å². The number of benzene rings is 3. The molecule has 0 bridgehead atoms. The number of carbonyl (C=O) groups excluding carboxylic acids is 2. The number of rotatable bonds is 8. The first-order valence-electron chi connectivity index (χ1n) is 10.9. The zero-order chi connectivity index (χ0) is 23.4. The fraction of sp³-hybridized carbons (Fsp3) is 0.185. The molecular weight excluding hydrogens is 419 g/mol. The summed E-state index contributed by atoms with van der Waals surface area (Å²) in [5.41, 5.74) is 2.57. The fourth-order valence-corrected chi connectivity index (χ4v) is 3.70. The average molecular weight is 445 g/mol. The Labute approximate surface area is 192 Å². The summed E-state index contributed by atoms with van der Waals surface area (Å²) in [7, 11) is 0. The Balaban J connectivity index is 1.62. The number of anilines is 1. The van der Waals surface area contributed by atoms with Crippen LogP contribution in [-0.4, -0.2) is 29.4 Å². The Morgan fingerprint density at radius 1 is 0.879 bits per heavy atom. The van der Waals surface area contributed by atoms with Gasteiger partial charge in [0, 0.05) is 12.2 Å². The minimum atomic E-state index is -0.410. The van der Waals surface area contributed by atoms with Gasteiger partial charge in [0.1, 0.15) is 17.3 Å². The molecule has 2 amide bonds. The van der Waals surface area contributed by atoms with Crippen LogP contribution in [-0.2, 0) is 16.0 Å². The largest absolute Gasteiger partial charge is 0.491 e. The Morgan fingerprint density at radius 3 is 2.18 bits per heavy atom. The second kappa shape index (κ2) is 9.69. The van der Waals surface area contributed by atoms with Crippen molar-refractivity contribution in [2.24, 2.45) is 0 Å². The third-order valence-corrected chi connectivity index (χ3v) is 5.26. The Morgan fingerprint density at radius 2 is 1.55 bits per heavy atom. The number of halogens is 1. The number of ether oxygens (including phenoxy) is 1. The molecule has 0 aliphatic carbocycles. The van der Waals surface area contributed by atoms with E-state index in [1.165, 1.54) is 29.2 Å². The Bertz CT molecular complexity index is 1170. The highest BCUT2D eigenvalue weighted by atomic mass is 19.1. The lowest BCUT2D eigenvalue weighted by Gasteiger charge is -2.15. The molecule has 168 valence electrons. The highest BCUT2D eigenvalue weighted by Gasteiger charge is 2.38. The first-order valence-corrected chi connectivity index (χ1v) is 10.9. The van der Waals surface area contributed by atoms with E-state index in [0.29, 0.717) is 23.4 Å². The molecule has 1 aliphatic rings. The summed E-state index contributed by atoms with van der Waals surface area (Å²) in [6.45, 7) is 4.14. The van der Waals surface area contributed by atoms with Crippen molar-refractivity contribution in [2.45, 2.75) is 26.4 Å². The van der Waals surface area contributed by atoms with Crippen LogP contribution in [0.3, 0.4) is 0 Å². The molecule has 0 fully saturated rings. The van der Waals surface area contributed by atoms with Gasteiger partial charge >= 0.3 is 0 Å². The smallest absolute Gasteiger partial charge is 0.278 e. The molecule has 0 aromatic heterocycles. The molecule has 1 heterocycles. The third-order valence-electron chi connectivity index (χ3n) is 5.26. The first-order chi connectivity index (χ1) is 15.9. The molecule has 33 heavy (non-hydrogen) atoms. The number of hydrogen-bond acceptors (Lipinski definition) is 4. The first kappa shape index (κ1) is 22.3. The van der Waals surface area contributed by atoms with E-state index in [4.69, 9.17) is 4.74 Å². The topological polar surface area (TPSA) is 58.6 Å². The minimum Gasteiger partial charge on any atom is -0.491 e. The fourth-order valence-electron chi connectivity index (χ4n) is 3.70. The summed E-state index contributed by atoms with van der Waals surface area (Å²) in [5, 5.41) is 3.11. The molecule has 0 saturated heterocycles. The standard InChI is InChI=1S/C27H25FN2O3/c1-18(2)33-23-14-12-22(13-15-23)29-25-24(20-8-10-21(28)11-9-20)26(31)30(27(25)32)17-16-19-6-4-3-5-7-19/h3-15,18,29H,16-17H2,1-2H3. The van der Waals surface area contributed by atoms with Crippen LogP contribution in [0.2, 0.25) is 0 Å². The van der Waals surface area contributed by atoms with Gasteiger partial charge in [-0.15, -0.1) is 0 Å². The van der Waals surface area contributed by atoms with Crippen molar-refractivity contribution in [3.05, 3.63) is 102 Å². The summed E-state index contributed by atoms with van der Waals surface area (Å²) >= 11 is 0. The molecule has 0 atom stereocenters. The zero-order valence-corrected chi connectivity index (χ0v) is 18.5. The van der Waals surface area contributed by atoms with Gasteiger partial charge in [-0.2, -0.15) is 0 Å². The molecular formula is C27H25FN2O3. The monoisotopic (exact) mass is 444 g/mol. The van der Waals surface area contributed by atoms with Crippen molar-refractivity contribution < 1.29 is 18.7 Å². The van der Waals surface area contributed by atoms with Crippen molar-refractivity contribution in [3.8, 4) is 5.75 Å². The maximum atomic E-state index is 13.5. The van der Waals surface area contributed by atoms with Gasteiger partial charge in [-0.25, -0.2) is 4.39 Å². The van der Waals surface area contributed by atoms with Crippen molar-refractivity contribution in [3.63, 3.8) is 0 Å². The van der Waals surface area contributed by atoms with E-state index in [-0.39, 0.29) is 23.9 Å². The van der Waals surface area contributed by atoms with Crippen LogP contribution in [0.15, 0.2) is 84.6 Å². The number of carbonyl (C=O) groups is 2. The van der Waals surface area contributed by atoms with Crippen LogP contribution < -0.4 is 10.1 Å². The molecule has 3 aromatic rings. The Hall–Kier alpha value is -3.93. The third kappa shape index (κ3) is 5.12. The van der Waals surface area contributed by atoms with Gasteiger partial charge in [0.05, 0.1) is 11.7 Å². The summed E-state index contributed by atoms with van der Waals surface area (Å²) in [5.74, 6) is -0.503. The summed E-state index contributed by atoms with van der Waals surface area (Å²) < 4.78 is 19.2. The predicted octanol–water partition coefficient (Wildman–Crippen LogP) is 5.05. The van der Waals surface area contributed by atoms with Gasteiger partial charge < -0.3 is 10.1 Å². The lowest BCUT2D eigenvalue weighted by atomic mass is 10.0. The number of amides is 2. The van der Waals surface area contributed by atoms with Gasteiger partial charge in [0.2, 0.25) is 0 Å². The second-order valence-corrected chi connectivity index (χ2v) is 8.07. The molecule has 3 aromatic carbocycles. The lowest BCUT2D eigenvalue weighted by molar-refractivity contribution is -0.136. The molecule has 0 unspecified atom stereocenters. The lowest BCUT2D eigenvalue weighted by Crippen LogP contribution is -2.34. The summed E-state index contributed by atoms with van der Waals surface area (Å²) in [6.07, 6.45) is 0.590. The molecule has 6 heteroatoms. The number of imide groups is 1. The van der Waals surface area contributed by atoms with Gasteiger partial charge in [0.15, 0.2) is 0 Å². The SMILES string of the molecule is CC(C)Oc1ccc(NC2=C(c3ccc(F)cc3)C(=O)N(CCc3ccccc3)C2=O)cc1. The maximum Gasteiger partial charge on any atom is 0.278 e. The summed E-state index contributed by atoms with van der Waals surface area (Å²) in [6, 6.07) is 22.4. The highest BCUT2D eigenvalue weighted by Crippen LogP contribution is 2.31. The van der Waals surface area contributed by atoms with Gasteiger partial charge in [0.25, 0.3) is 11.8 Å². The van der Waals surface area contributed by atoms with E-state index in [1.54, 1.807) is 24.3 Å².